The quantitative estimate of drug-likeness (QED) is 0.818. The van der Waals surface area contributed by atoms with Crippen LogP contribution in [0.1, 0.15) is 46.0 Å². The van der Waals surface area contributed by atoms with Gasteiger partial charge in [-0.15, -0.1) is 0 Å². The number of ether oxygens (including phenoxy) is 3. The number of amides is 1. The zero-order valence-corrected chi connectivity index (χ0v) is 15.2. The van der Waals surface area contributed by atoms with Crippen LogP contribution in [0.4, 0.5) is 0 Å². The maximum absolute atomic E-state index is 12.3. The number of aromatic amines is 1. The Labute approximate surface area is 146 Å². The Hall–Kier alpha value is -2.35. The van der Waals surface area contributed by atoms with Gasteiger partial charge >= 0.3 is 11.9 Å². The molecule has 2 atom stereocenters. The van der Waals surface area contributed by atoms with Gasteiger partial charge in [-0.05, 0) is 33.3 Å². The fraction of sp³-hybridized carbons (Fsp3) is 0.588. The minimum absolute atomic E-state index is 0.0562. The average molecular weight is 352 g/mol. The summed E-state index contributed by atoms with van der Waals surface area (Å²) in [5, 5.41) is 0. The number of aryl methyl sites for hydroxylation is 1. The molecule has 1 aliphatic rings. The summed E-state index contributed by atoms with van der Waals surface area (Å²) in [4.78, 5) is 40.7. The standard InChI is InChI=1S/C17H24N2O6/c1-9-6-19(7-10(2)25-9)13(20)8-24-17(22)15-11(3)14(12(4)18-15)16(21)23-5/h9-10,18H,6-8H2,1-5H3/t9-,10-/m0/s1. The van der Waals surface area contributed by atoms with Crippen molar-refractivity contribution in [2.75, 3.05) is 26.8 Å². The predicted octanol–water partition coefficient (Wildman–Crippen LogP) is 1.21. The van der Waals surface area contributed by atoms with Crippen molar-refractivity contribution in [1.82, 2.24) is 9.88 Å². The molecule has 1 amide bonds. The van der Waals surface area contributed by atoms with Crippen molar-refractivity contribution in [3.8, 4) is 0 Å². The highest BCUT2D eigenvalue weighted by molar-refractivity contribution is 5.99. The van der Waals surface area contributed by atoms with Gasteiger partial charge < -0.3 is 24.1 Å². The zero-order valence-electron chi connectivity index (χ0n) is 15.2. The first kappa shape index (κ1) is 19.0. The number of methoxy groups -OCH3 is 1. The van der Waals surface area contributed by atoms with E-state index in [2.05, 4.69) is 4.98 Å². The number of carbonyl (C=O) groups excluding carboxylic acids is 3. The number of morpholine rings is 1. The van der Waals surface area contributed by atoms with Crippen LogP contribution in [0.15, 0.2) is 0 Å². The van der Waals surface area contributed by atoms with E-state index in [0.29, 0.717) is 29.9 Å². The van der Waals surface area contributed by atoms with Crippen molar-refractivity contribution in [2.24, 2.45) is 0 Å². The smallest absolute Gasteiger partial charge is 0.355 e. The summed E-state index contributed by atoms with van der Waals surface area (Å²) in [6.07, 6.45) is -0.112. The minimum atomic E-state index is -0.682. The minimum Gasteiger partial charge on any atom is -0.465 e. The molecule has 8 heteroatoms. The van der Waals surface area contributed by atoms with Crippen LogP contribution in [0, 0.1) is 13.8 Å². The highest BCUT2D eigenvalue weighted by Crippen LogP contribution is 2.19. The number of hydrogen-bond donors (Lipinski definition) is 1. The molecule has 1 fully saturated rings. The largest absolute Gasteiger partial charge is 0.465 e. The van der Waals surface area contributed by atoms with Gasteiger partial charge in [-0.1, -0.05) is 0 Å². The summed E-state index contributed by atoms with van der Waals surface area (Å²) < 4.78 is 15.4. The number of rotatable bonds is 4. The SMILES string of the molecule is COC(=O)c1c(C)[nH]c(C(=O)OCC(=O)N2C[C@H](C)O[C@@H](C)C2)c1C. The molecule has 0 bridgehead atoms. The fourth-order valence-electron chi connectivity index (χ4n) is 3.03. The molecule has 1 saturated heterocycles. The Balaban J connectivity index is 2.01. The van der Waals surface area contributed by atoms with Crippen LogP contribution in [0.25, 0.3) is 0 Å². The van der Waals surface area contributed by atoms with Crippen LogP contribution in [-0.2, 0) is 19.0 Å². The summed E-state index contributed by atoms with van der Waals surface area (Å²) in [5.74, 6) is -1.49. The lowest BCUT2D eigenvalue weighted by atomic mass is 10.1. The fourth-order valence-corrected chi connectivity index (χ4v) is 3.03. The van der Waals surface area contributed by atoms with Crippen LogP contribution in [0.2, 0.25) is 0 Å². The van der Waals surface area contributed by atoms with Gasteiger partial charge in [0.15, 0.2) is 6.61 Å². The van der Waals surface area contributed by atoms with Gasteiger partial charge in [0.2, 0.25) is 0 Å². The number of hydrogen-bond acceptors (Lipinski definition) is 6. The van der Waals surface area contributed by atoms with Gasteiger partial charge in [0.1, 0.15) is 5.69 Å². The monoisotopic (exact) mass is 352 g/mol. The molecule has 0 unspecified atom stereocenters. The first-order chi connectivity index (χ1) is 11.7. The molecule has 1 aliphatic heterocycles. The third kappa shape index (κ3) is 4.19. The van der Waals surface area contributed by atoms with E-state index < -0.39 is 11.9 Å². The molecule has 8 nitrogen and oxygen atoms in total. The van der Waals surface area contributed by atoms with E-state index in [-0.39, 0.29) is 30.4 Å². The Morgan fingerprint density at radius 3 is 2.32 bits per heavy atom. The van der Waals surface area contributed by atoms with Gasteiger partial charge in [0.25, 0.3) is 5.91 Å². The summed E-state index contributed by atoms with van der Waals surface area (Å²) >= 11 is 0. The molecular formula is C17H24N2O6. The molecule has 0 aromatic carbocycles. The van der Waals surface area contributed by atoms with Crippen LogP contribution in [-0.4, -0.2) is 66.7 Å². The van der Waals surface area contributed by atoms with E-state index in [1.807, 2.05) is 13.8 Å². The van der Waals surface area contributed by atoms with Crippen molar-refractivity contribution in [3.05, 3.63) is 22.5 Å². The molecule has 0 spiro atoms. The van der Waals surface area contributed by atoms with E-state index in [1.54, 1.807) is 18.7 Å². The van der Waals surface area contributed by atoms with Crippen LogP contribution in [0.5, 0.6) is 0 Å². The number of aromatic nitrogens is 1. The molecule has 1 N–H and O–H groups in total. The van der Waals surface area contributed by atoms with Gasteiger partial charge in [-0.2, -0.15) is 0 Å². The molecule has 2 rings (SSSR count). The Morgan fingerprint density at radius 2 is 1.76 bits per heavy atom. The number of nitrogens with one attached hydrogen (secondary N) is 1. The summed E-state index contributed by atoms with van der Waals surface area (Å²) in [5.41, 5.74) is 1.40. The van der Waals surface area contributed by atoms with Gasteiger partial charge in [-0.25, -0.2) is 9.59 Å². The molecular weight excluding hydrogens is 328 g/mol. The Kier molecular flexibility index (Phi) is 5.84. The molecule has 1 aromatic heterocycles. The normalized spacial score (nSPS) is 20.3. The number of nitrogens with zero attached hydrogens (tertiary/aromatic N) is 1. The Bertz CT molecular complexity index is 671. The summed E-state index contributed by atoms with van der Waals surface area (Å²) in [7, 11) is 1.27. The molecule has 0 saturated carbocycles. The lowest BCUT2D eigenvalue weighted by molar-refractivity contribution is -0.146. The van der Waals surface area contributed by atoms with Gasteiger partial charge in [0, 0.05) is 18.8 Å². The first-order valence-electron chi connectivity index (χ1n) is 8.12. The first-order valence-corrected chi connectivity index (χ1v) is 8.12. The zero-order chi connectivity index (χ0) is 18.7. The molecule has 2 heterocycles. The van der Waals surface area contributed by atoms with Crippen molar-refractivity contribution in [1.29, 1.82) is 0 Å². The molecule has 25 heavy (non-hydrogen) atoms. The molecule has 1 aromatic rings. The second kappa shape index (κ2) is 7.69. The maximum atomic E-state index is 12.3. The van der Waals surface area contributed by atoms with E-state index in [9.17, 15) is 14.4 Å². The van der Waals surface area contributed by atoms with Gasteiger partial charge in [0.05, 0.1) is 24.9 Å². The van der Waals surface area contributed by atoms with Crippen molar-refractivity contribution in [2.45, 2.75) is 39.9 Å². The number of H-pyrrole nitrogens is 1. The van der Waals surface area contributed by atoms with E-state index in [4.69, 9.17) is 14.2 Å². The lowest BCUT2D eigenvalue weighted by Crippen LogP contribution is -2.49. The van der Waals surface area contributed by atoms with Crippen LogP contribution < -0.4 is 0 Å². The van der Waals surface area contributed by atoms with E-state index in [1.165, 1.54) is 7.11 Å². The highest BCUT2D eigenvalue weighted by Gasteiger charge is 2.28. The highest BCUT2D eigenvalue weighted by atomic mass is 16.5. The van der Waals surface area contributed by atoms with Crippen LogP contribution in [0.3, 0.4) is 0 Å². The van der Waals surface area contributed by atoms with Crippen molar-refractivity contribution >= 4 is 17.8 Å². The third-order valence-electron chi connectivity index (χ3n) is 4.13. The second-order valence-corrected chi connectivity index (χ2v) is 6.25. The average Bonchev–Trinajstić information content (AvgIpc) is 2.85. The second-order valence-electron chi connectivity index (χ2n) is 6.25. The van der Waals surface area contributed by atoms with Crippen molar-refractivity contribution in [3.63, 3.8) is 0 Å². The third-order valence-corrected chi connectivity index (χ3v) is 4.13. The van der Waals surface area contributed by atoms with Gasteiger partial charge in [-0.3, -0.25) is 4.79 Å². The van der Waals surface area contributed by atoms with Crippen molar-refractivity contribution < 1.29 is 28.6 Å². The molecule has 138 valence electrons. The van der Waals surface area contributed by atoms with E-state index >= 15 is 0 Å². The maximum Gasteiger partial charge on any atom is 0.355 e. The number of carbonyl (C=O) groups is 3. The number of esters is 2. The molecule has 0 radical (unpaired) electrons. The Morgan fingerprint density at radius 1 is 1.16 bits per heavy atom. The predicted molar refractivity (Wildman–Crippen MR) is 88.5 cm³/mol. The lowest BCUT2D eigenvalue weighted by Gasteiger charge is -2.35. The van der Waals surface area contributed by atoms with E-state index in [0.717, 1.165) is 0 Å². The molecule has 0 aliphatic carbocycles. The summed E-state index contributed by atoms with van der Waals surface area (Å²) in [6.45, 7) is 7.64. The topological polar surface area (TPSA) is 97.9 Å². The summed E-state index contributed by atoms with van der Waals surface area (Å²) in [6, 6.07) is 0. The van der Waals surface area contributed by atoms with Crippen LogP contribution >= 0.6 is 0 Å².